The zero-order chi connectivity index (χ0) is 21.2. The second kappa shape index (κ2) is 8.82. The number of carbonyl (C=O) groups excluding carboxylic acids is 1. The number of nitrogens with two attached hydrogens (primary N) is 1. The number of hydrogen-bond acceptors (Lipinski definition) is 8. The van der Waals surface area contributed by atoms with Crippen LogP contribution in [0.3, 0.4) is 0 Å². The van der Waals surface area contributed by atoms with E-state index in [1.165, 1.54) is 12.3 Å². The van der Waals surface area contributed by atoms with Gasteiger partial charge in [-0.2, -0.15) is 0 Å². The van der Waals surface area contributed by atoms with E-state index in [-0.39, 0.29) is 31.7 Å². The average Bonchev–Trinajstić information content (AvgIpc) is 3.11. The summed E-state index contributed by atoms with van der Waals surface area (Å²) in [6, 6.07) is 8.82. The molecule has 0 spiro atoms. The van der Waals surface area contributed by atoms with Gasteiger partial charge in [0.25, 0.3) is 0 Å². The van der Waals surface area contributed by atoms with Gasteiger partial charge in [-0.25, -0.2) is 18.4 Å². The Morgan fingerprint density at radius 2 is 2.03 bits per heavy atom. The molecule has 0 aliphatic rings. The van der Waals surface area contributed by atoms with Crippen LogP contribution in [0.15, 0.2) is 54.6 Å². The number of sulfone groups is 1. The molecule has 0 fully saturated rings. The molecule has 0 saturated carbocycles. The Hall–Kier alpha value is -1.95. The topological polar surface area (TPSA) is 115 Å². The van der Waals surface area contributed by atoms with Crippen LogP contribution in [0.5, 0.6) is 0 Å². The van der Waals surface area contributed by atoms with E-state index in [1.807, 2.05) is 32.0 Å². The number of halogens is 1. The number of nitrogen functional groups attached to an aromatic ring is 1. The smallest absolute Gasteiger partial charge is 0.234 e. The third-order valence-electron chi connectivity index (χ3n) is 4.07. The van der Waals surface area contributed by atoms with Crippen molar-refractivity contribution in [3.05, 3.63) is 51.4 Å². The number of rotatable bonds is 6. The molecule has 0 unspecified atom stereocenters. The van der Waals surface area contributed by atoms with Crippen LogP contribution >= 0.6 is 39.0 Å². The van der Waals surface area contributed by atoms with E-state index < -0.39 is 9.84 Å². The Labute approximate surface area is 185 Å². The van der Waals surface area contributed by atoms with Gasteiger partial charge in [0, 0.05) is 5.69 Å². The van der Waals surface area contributed by atoms with Gasteiger partial charge in [0.2, 0.25) is 15.7 Å². The SMILES string of the molecule is Cc1cccc(NC(=O)CSc2ncc(S(=O)(=O)c3ccc(Br)s3)c(N)n2)c1C. The fourth-order valence-electron chi connectivity index (χ4n) is 2.40. The molecule has 0 radical (unpaired) electrons. The lowest BCUT2D eigenvalue weighted by molar-refractivity contribution is -0.113. The molecule has 0 aliphatic heterocycles. The summed E-state index contributed by atoms with van der Waals surface area (Å²) in [4.78, 5) is 20.2. The lowest BCUT2D eigenvalue weighted by Crippen LogP contribution is -2.15. The summed E-state index contributed by atoms with van der Waals surface area (Å²) < 4.78 is 26.2. The largest absolute Gasteiger partial charge is 0.382 e. The van der Waals surface area contributed by atoms with Gasteiger partial charge in [-0.15, -0.1) is 11.3 Å². The van der Waals surface area contributed by atoms with Crippen LogP contribution in [0.25, 0.3) is 0 Å². The molecule has 29 heavy (non-hydrogen) atoms. The number of anilines is 2. The maximum Gasteiger partial charge on any atom is 0.234 e. The Morgan fingerprint density at radius 3 is 2.69 bits per heavy atom. The third kappa shape index (κ3) is 4.97. The molecule has 0 atom stereocenters. The number of benzene rings is 1. The Balaban J connectivity index is 1.69. The first-order chi connectivity index (χ1) is 13.7. The summed E-state index contributed by atoms with van der Waals surface area (Å²) in [6.07, 6.45) is 1.18. The van der Waals surface area contributed by atoms with Gasteiger partial charge in [-0.05, 0) is 59.1 Å². The van der Waals surface area contributed by atoms with Crippen LogP contribution in [-0.2, 0) is 14.6 Å². The molecule has 3 N–H and O–H groups in total. The first-order valence-electron chi connectivity index (χ1n) is 8.30. The first-order valence-corrected chi connectivity index (χ1v) is 12.4. The van der Waals surface area contributed by atoms with Crippen molar-refractivity contribution in [2.24, 2.45) is 0 Å². The van der Waals surface area contributed by atoms with Crippen molar-refractivity contribution in [2.45, 2.75) is 28.1 Å². The molecule has 0 saturated heterocycles. The van der Waals surface area contributed by atoms with Gasteiger partial charge in [0.15, 0.2) is 5.16 Å². The summed E-state index contributed by atoms with van der Waals surface area (Å²) in [5.74, 6) is -0.301. The van der Waals surface area contributed by atoms with Crippen LogP contribution in [0.4, 0.5) is 11.5 Å². The highest BCUT2D eigenvalue weighted by atomic mass is 79.9. The highest BCUT2D eigenvalue weighted by Crippen LogP contribution is 2.32. The molecule has 0 aliphatic carbocycles. The fourth-order valence-corrected chi connectivity index (χ4v) is 6.41. The second-order valence-electron chi connectivity index (χ2n) is 6.05. The number of thioether (sulfide) groups is 1. The molecular weight excluding hydrogens is 496 g/mol. The molecule has 11 heteroatoms. The van der Waals surface area contributed by atoms with Gasteiger partial charge in [0.05, 0.1) is 15.7 Å². The summed E-state index contributed by atoms with van der Waals surface area (Å²) in [5, 5.41) is 3.08. The molecule has 152 valence electrons. The standard InChI is InChI=1S/C18H17BrN4O3S3/c1-10-4-3-5-12(11(10)2)22-15(24)9-27-18-21-8-13(17(20)23-18)29(25,26)16-7-6-14(19)28-16/h3-8H,9H2,1-2H3,(H,22,24)(H2,20,21,23). The first kappa shape index (κ1) is 21.8. The predicted molar refractivity (Wildman–Crippen MR) is 119 cm³/mol. The number of hydrogen-bond donors (Lipinski definition) is 2. The van der Waals surface area contributed by atoms with E-state index in [2.05, 4.69) is 31.2 Å². The van der Waals surface area contributed by atoms with Crippen molar-refractivity contribution in [3.63, 3.8) is 0 Å². The van der Waals surface area contributed by atoms with E-state index in [4.69, 9.17) is 5.73 Å². The van der Waals surface area contributed by atoms with Crippen molar-refractivity contribution in [1.29, 1.82) is 0 Å². The zero-order valence-electron chi connectivity index (χ0n) is 15.5. The molecule has 3 rings (SSSR count). The molecule has 3 aromatic rings. The Morgan fingerprint density at radius 1 is 1.28 bits per heavy atom. The van der Waals surface area contributed by atoms with Crippen LogP contribution in [0.2, 0.25) is 0 Å². The second-order valence-corrected chi connectivity index (χ2v) is 11.6. The minimum Gasteiger partial charge on any atom is -0.382 e. The number of nitrogens with one attached hydrogen (secondary N) is 1. The highest BCUT2D eigenvalue weighted by Gasteiger charge is 2.24. The number of carbonyl (C=O) groups is 1. The summed E-state index contributed by atoms with van der Waals surface area (Å²) >= 11 is 5.40. The number of thiophene rings is 1. The highest BCUT2D eigenvalue weighted by molar-refractivity contribution is 9.11. The van der Waals surface area contributed by atoms with Crippen LogP contribution in [0.1, 0.15) is 11.1 Å². The van der Waals surface area contributed by atoms with E-state index >= 15 is 0 Å². The Kier molecular flexibility index (Phi) is 6.62. The van der Waals surface area contributed by atoms with Crippen molar-refractivity contribution >= 4 is 66.3 Å². The van der Waals surface area contributed by atoms with Crippen LogP contribution in [0, 0.1) is 13.8 Å². The van der Waals surface area contributed by atoms with E-state index in [9.17, 15) is 13.2 Å². The monoisotopic (exact) mass is 512 g/mol. The summed E-state index contributed by atoms with van der Waals surface area (Å²) in [6.45, 7) is 3.91. The number of aromatic nitrogens is 2. The minimum absolute atomic E-state index is 0.0663. The van der Waals surface area contributed by atoms with E-state index in [1.54, 1.807) is 6.07 Å². The molecule has 1 aromatic carbocycles. The number of aryl methyl sites for hydroxylation is 1. The number of amides is 1. The molecule has 0 bridgehead atoms. The third-order valence-corrected chi connectivity index (χ3v) is 8.82. The maximum absolute atomic E-state index is 12.7. The van der Waals surface area contributed by atoms with Gasteiger partial charge in [-0.3, -0.25) is 4.79 Å². The quantitative estimate of drug-likeness (QED) is 0.377. The zero-order valence-corrected chi connectivity index (χ0v) is 19.5. The van der Waals surface area contributed by atoms with Gasteiger partial charge < -0.3 is 11.1 Å². The molecule has 2 aromatic heterocycles. The summed E-state index contributed by atoms with van der Waals surface area (Å²) in [7, 11) is -3.80. The van der Waals surface area contributed by atoms with Crippen molar-refractivity contribution in [2.75, 3.05) is 16.8 Å². The lowest BCUT2D eigenvalue weighted by atomic mass is 10.1. The van der Waals surface area contributed by atoms with Gasteiger partial charge in [-0.1, -0.05) is 23.9 Å². The van der Waals surface area contributed by atoms with Crippen molar-refractivity contribution < 1.29 is 13.2 Å². The van der Waals surface area contributed by atoms with Gasteiger partial charge in [0.1, 0.15) is 14.9 Å². The Bertz CT molecular complexity index is 1180. The fraction of sp³-hybridized carbons (Fsp3) is 0.167. The molecular formula is C18H17BrN4O3S3. The van der Waals surface area contributed by atoms with Gasteiger partial charge >= 0.3 is 0 Å². The lowest BCUT2D eigenvalue weighted by Gasteiger charge is -2.10. The normalized spacial score (nSPS) is 11.4. The minimum atomic E-state index is -3.80. The van der Waals surface area contributed by atoms with E-state index in [0.29, 0.717) is 3.79 Å². The van der Waals surface area contributed by atoms with Crippen LogP contribution in [-0.4, -0.2) is 30.0 Å². The average molecular weight is 513 g/mol. The predicted octanol–water partition coefficient (Wildman–Crippen LogP) is 4.06. The van der Waals surface area contributed by atoms with Crippen LogP contribution < -0.4 is 11.1 Å². The number of nitrogens with zero attached hydrogens (tertiary/aromatic N) is 2. The molecule has 2 heterocycles. The maximum atomic E-state index is 12.7. The molecule has 7 nitrogen and oxygen atoms in total. The van der Waals surface area contributed by atoms with Crippen molar-refractivity contribution in [3.8, 4) is 0 Å². The summed E-state index contributed by atoms with van der Waals surface area (Å²) in [5.41, 5.74) is 8.70. The van der Waals surface area contributed by atoms with Crippen molar-refractivity contribution in [1.82, 2.24) is 9.97 Å². The van der Waals surface area contributed by atoms with E-state index in [0.717, 1.165) is 39.9 Å². The molecule has 1 amide bonds.